The van der Waals surface area contributed by atoms with Gasteiger partial charge in [0.15, 0.2) is 5.82 Å². The van der Waals surface area contributed by atoms with Crippen molar-refractivity contribution in [1.82, 2.24) is 9.97 Å². The Kier molecular flexibility index (Phi) is 5.28. The smallest absolute Gasteiger partial charge is 0.425 e. The number of rotatable bonds is 4. The normalized spacial score (nSPS) is 15.9. The number of nitrogens with one attached hydrogen (secondary N) is 1. The minimum Gasteiger partial charge on any atom is -0.464 e. The molecule has 1 unspecified atom stereocenters. The van der Waals surface area contributed by atoms with Crippen molar-refractivity contribution < 1.29 is 32.6 Å². The lowest BCUT2D eigenvalue weighted by molar-refractivity contribution is -0.146. The Labute approximate surface area is 147 Å². The van der Waals surface area contributed by atoms with E-state index in [0.29, 0.717) is 12.8 Å². The number of aromatic nitrogens is 2. The van der Waals surface area contributed by atoms with Crippen LogP contribution in [0.5, 0.6) is 0 Å². The molecule has 1 aromatic rings. The number of imide groups is 1. The number of anilines is 2. The van der Waals surface area contributed by atoms with Crippen LogP contribution in [0, 0.1) is 5.92 Å². The second-order valence-corrected chi connectivity index (χ2v) is 6.86. The summed E-state index contributed by atoms with van der Waals surface area (Å²) in [5.41, 5.74) is -0.966. The minimum absolute atomic E-state index is 0.206. The summed E-state index contributed by atoms with van der Waals surface area (Å²) in [4.78, 5) is 31.0. The molecule has 1 aromatic heterocycles. The molecule has 0 radical (unpaired) electrons. The molecule has 1 aliphatic rings. The van der Waals surface area contributed by atoms with E-state index in [4.69, 9.17) is 4.74 Å². The molecule has 0 spiro atoms. The third-order valence-corrected chi connectivity index (χ3v) is 3.40. The lowest BCUT2D eigenvalue weighted by Crippen LogP contribution is -2.41. The topological polar surface area (TPSA) is 105 Å². The first-order chi connectivity index (χ1) is 11.9. The molecule has 11 heteroatoms. The van der Waals surface area contributed by atoms with Crippen molar-refractivity contribution in [3.63, 3.8) is 0 Å². The number of alkyl halides is 3. The van der Waals surface area contributed by atoms with Gasteiger partial charge in [-0.2, -0.15) is 18.1 Å². The number of hydrogen-bond donors (Lipinski definition) is 2. The molecule has 0 aromatic carbocycles. The monoisotopic (exact) mass is 376 g/mol. The van der Waals surface area contributed by atoms with E-state index in [-0.39, 0.29) is 10.7 Å². The van der Waals surface area contributed by atoms with Gasteiger partial charge in [0.05, 0.1) is 0 Å². The number of nitrogens with zero attached hydrogens (tertiary/aromatic N) is 3. The third kappa shape index (κ3) is 5.20. The van der Waals surface area contributed by atoms with E-state index in [9.17, 15) is 27.9 Å². The lowest BCUT2D eigenvalue weighted by Gasteiger charge is -2.24. The van der Waals surface area contributed by atoms with Crippen molar-refractivity contribution in [1.29, 1.82) is 0 Å². The van der Waals surface area contributed by atoms with Crippen LogP contribution >= 0.6 is 0 Å². The number of carboxylic acid groups (broad SMARTS) is 1. The highest BCUT2D eigenvalue weighted by atomic mass is 19.4. The minimum atomic E-state index is -4.48. The van der Waals surface area contributed by atoms with Crippen molar-refractivity contribution in [2.24, 2.45) is 5.92 Å². The van der Waals surface area contributed by atoms with Crippen molar-refractivity contribution in [2.45, 2.75) is 51.4 Å². The third-order valence-electron chi connectivity index (χ3n) is 3.40. The van der Waals surface area contributed by atoms with Gasteiger partial charge in [-0.05, 0) is 39.5 Å². The molecule has 1 saturated carbocycles. The summed E-state index contributed by atoms with van der Waals surface area (Å²) in [6.45, 7) is 4.63. The Morgan fingerprint density at radius 2 is 1.92 bits per heavy atom. The molecular formula is C15H19F3N4O4. The van der Waals surface area contributed by atoms with E-state index in [1.165, 1.54) is 0 Å². The quantitative estimate of drug-likeness (QED) is 0.826. The van der Waals surface area contributed by atoms with Gasteiger partial charge >= 0.3 is 18.4 Å². The second-order valence-electron chi connectivity index (χ2n) is 6.86. The highest BCUT2D eigenvalue weighted by Crippen LogP contribution is 2.41. The highest BCUT2D eigenvalue weighted by molar-refractivity contribution is 6.08. The van der Waals surface area contributed by atoms with Crippen LogP contribution in [0.25, 0.3) is 0 Å². The average molecular weight is 376 g/mol. The molecule has 0 aliphatic heterocycles. The number of hydrogen-bond acceptors (Lipinski definition) is 6. The molecule has 1 fully saturated rings. The van der Waals surface area contributed by atoms with Gasteiger partial charge in [-0.3, -0.25) is 0 Å². The Balaban J connectivity index is 2.25. The van der Waals surface area contributed by atoms with Gasteiger partial charge in [-0.25, -0.2) is 19.6 Å². The number of carbonyl (C=O) groups excluding carboxylic acids is 1. The average Bonchev–Trinajstić information content (AvgIpc) is 3.26. The van der Waals surface area contributed by atoms with Crippen LogP contribution in [-0.4, -0.2) is 45.1 Å². The summed E-state index contributed by atoms with van der Waals surface area (Å²) in [6, 6.07) is -0.843. The van der Waals surface area contributed by atoms with E-state index in [0.717, 1.165) is 12.4 Å². The number of ether oxygens (including phenoxy) is 1. The Morgan fingerprint density at radius 1 is 1.31 bits per heavy atom. The van der Waals surface area contributed by atoms with Crippen molar-refractivity contribution in [3.05, 3.63) is 12.4 Å². The number of carbonyl (C=O) groups is 2. The van der Waals surface area contributed by atoms with Crippen molar-refractivity contribution in [3.8, 4) is 0 Å². The predicted octanol–water partition coefficient (Wildman–Crippen LogP) is 3.65. The van der Waals surface area contributed by atoms with Gasteiger partial charge in [-0.15, -0.1) is 0 Å². The fourth-order valence-electron chi connectivity index (χ4n) is 2.18. The first kappa shape index (κ1) is 19.7. The van der Waals surface area contributed by atoms with Crippen LogP contribution < -0.4 is 10.2 Å². The summed E-state index contributed by atoms with van der Waals surface area (Å²) >= 11 is 0. The van der Waals surface area contributed by atoms with E-state index >= 15 is 0 Å². The molecule has 1 heterocycles. The van der Waals surface area contributed by atoms with E-state index in [1.807, 2.05) is 0 Å². The molecule has 2 amide bonds. The zero-order valence-corrected chi connectivity index (χ0v) is 14.4. The maximum atomic E-state index is 13.1. The molecule has 1 atom stereocenters. The first-order valence-electron chi connectivity index (χ1n) is 7.80. The van der Waals surface area contributed by atoms with E-state index < -0.39 is 41.7 Å². The number of halogens is 3. The molecule has 1 aliphatic carbocycles. The van der Waals surface area contributed by atoms with Crippen molar-refractivity contribution >= 4 is 23.8 Å². The Hall–Kier alpha value is -2.59. The van der Waals surface area contributed by atoms with Crippen LogP contribution in [-0.2, 0) is 4.74 Å². The van der Waals surface area contributed by atoms with Gasteiger partial charge in [0.1, 0.15) is 23.8 Å². The fraction of sp³-hybridized carbons (Fsp3) is 0.600. The highest BCUT2D eigenvalue weighted by Gasteiger charge is 2.49. The van der Waals surface area contributed by atoms with Crippen LogP contribution in [0.15, 0.2) is 12.4 Å². The molecule has 26 heavy (non-hydrogen) atoms. The van der Waals surface area contributed by atoms with Crippen LogP contribution in [0.4, 0.5) is 34.4 Å². The maximum absolute atomic E-state index is 13.1. The summed E-state index contributed by atoms with van der Waals surface area (Å²) in [5, 5.41) is 11.5. The van der Waals surface area contributed by atoms with Crippen LogP contribution in [0.1, 0.15) is 33.6 Å². The van der Waals surface area contributed by atoms with E-state index in [2.05, 4.69) is 15.3 Å². The number of amides is 2. The lowest BCUT2D eigenvalue weighted by atomic mass is 10.2. The first-order valence-corrected chi connectivity index (χ1v) is 7.80. The zero-order chi connectivity index (χ0) is 19.7. The summed E-state index contributed by atoms with van der Waals surface area (Å²) in [6.07, 6.45) is -5.63. The molecule has 0 bridgehead atoms. The van der Waals surface area contributed by atoms with Crippen molar-refractivity contribution in [2.75, 3.05) is 10.2 Å². The van der Waals surface area contributed by atoms with Gasteiger partial charge in [0.25, 0.3) is 0 Å². The molecule has 2 rings (SSSR count). The molecule has 144 valence electrons. The second kappa shape index (κ2) is 6.96. The SMILES string of the molecule is CC(C)(C)OC(=O)N(C(=O)O)c1cc(NC(C2CC2)C(F)(F)F)ncn1. The molecular weight excluding hydrogens is 357 g/mol. The van der Waals surface area contributed by atoms with Gasteiger partial charge in [0.2, 0.25) is 0 Å². The fourth-order valence-corrected chi connectivity index (χ4v) is 2.18. The molecule has 0 saturated heterocycles. The molecule has 2 N–H and O–H groups in total. The summed E-state index contributed by atoms with van der Waals surface area (Å²) < 4.78 is 44.3. The van der Waals surface area contributed by atoms with E-state index in [1.54, 1.807) is 20.8 Å². The summed E-state index contributed by atoms with van der Waals surface area (Å²) in [5.74, 6) is -1.21. The van der Waals surface area contributed by atoms with Gasteiger partial charge in [-0.1, -0.05) is 0 Å². The zero-order valence-electron chi connectivity index (χ0n) is 14.4. The van der Waals surface area contributed by atoms with Crippen LogP contribution in [0.2, 0.25) is 0 Å². The maximum Gasteiger partial charge on any atom is 0.425 e. The Bertz CT molecular complexity index is 686. The molecule has 8 nitrogen and oxygen atoms in total. The standard InChI is InChI=1S/C15H19F3N4O4/c1-14(2,3)26-13(25)22(12(23)24)10-6-9(19-7-20-10)21-11(8-4-5-8)15(16,17)18/h6-8,11H,4-5H2,1-3H3,(H,23,24)(H,19,20,21). The Morgan fingerprint density at radius 3 is 2.38 bits per heavy atom. The summed E-state index contributed by atoms with van der Waals surface area (Å²) in [7, 11) is 0. The van der Waals surface area contributed by atoms with Gasteiger partial charge < -0.3 is 15.2 Å². The van der Waals surface area contributed by atoms with Crippen LogP contribution in [0.3, 0.4) is 0 Å². The van der Waals surface area contributed by atoms with Gasteiger partial charge in [0, 0.05) is 6.07 Å². The predicted molar refractivity (Wildman–Crippen MR) is 85.0 cm³/mol. The largest absolute Gasteiger partial charge is 0.464 e.